The monoisotopic (exact) mass is 437 g/mol. The lowest BCUT2D eigenvalue weighted by Gasteiger charge is -2.45. The molecule has 1 aliphatic rings. The summed E-state index contributed by atoms with van der Waals surface area (Å²) in [5.74, 6) is -3.43. The van der Waals surface area contributed by atoms with Crippen LogP contribution in [0.3, 0.4) is 0 Å². The molecule has 1 aliphatic heterocycles. The van der Waals surface area contributed by atoms with Crippen molar-refractivity contribution in [1.82, 2.24) is 4.90 Å². The van der Waals surface area contributed by atoms with Crippen LogP contribution < -0.4 is 0 Å². The maximum atomic E-state index is 12.9. The van der Waals surface area contributed by atoms with Gasteiger partial charge in [0.25, 0.3) is 0 Å². The van der Waals surface area contributed by atoms with Gasteiger partial charge in [-0.05, 0) is 13.0 Å². The van der Waals surface area contributed by atoms with Crippen molar-refractivity contribution in [2.75, 3.05) is 13.2 Å². The Kier molecular flexibility index (Phi) is 7.60. The molecule has 1 heterocycles. The van der Waals surface area contributed by atoms with E-state index >= 15 is 0 Å². The molecule has 12 nitrogen and oxygen atoms in total. The van der Waals surface area contributed by atoms with E-state index in [9.17, 15) is 44.9 Å². The lowest BCUT2D eigenvalue weighted by Crippen LogP contribution is -2.63. The average Bonchev–Trinajstić information content (AvgIpc) is 2.67. The van der Waals surface area contributed by atoms with Crippen molar-refractivity contribution in [3.8, 4) is 11.5 Å². The van der Waals surface area contributed by atoms with Gasteiger partial charge in [-0.1, -0.05) is 12.1 Å². The SMILES string of the molecule is CCOP(=O)(O)C(c1cccc(O)c1O)N(C=O)C1O[C@H](CO)[C@@H](O)[C@H](O)[C@H]1O. The second kappa shape index (κ2) is 9.37. The molecule has 7 N–H and O–H groups in total. The predicted molar refractivity (Wildman–Crippen MR) is 95.6 cm³/mol. The molecule has 2 rings (SSSR count). The van der Waals surface area contributed by atoms with Crippen LogP contribution in [0, 0.1) is 0 Å². The smallest absolute Gasteiger partial charge is 0.355 e. The number of nitrogens with zero attached hydrogens (tertiary/aromatic N) is 1. The molecule has 3 unspecified atom stereocenters. The van der Waals surface area contributed by atoms with Gasteiger partial charge >= 0.3 is 7.60 Å². The zero-order chi connectivity index (χ0) is 21.9. The van der Waals surface area contributed by atoms with E-state index in [0.29, 0.717) is 4.90 Å². The number of amides is 1. The van der Waals surface area contributed by atoms with Gasteiger partial charge in [0, 0.05) is 5.56 Å². The Hall–Kier alpha value is -1.76. The van der Waals surface area contributed by atoms with Crippen molar-refractivity contribution in [2.24, 2.45) is 0 Å². The summed E-state index contributed by atoms with van der Waals surface area (Å²) in [5.41, 5.74) is -0.395. The standard InChI is InChI=1S/C16H24NO11P/c1-2-27-29(25,26)16(8-4-3-5-9(20)11(8)21)17(7-19)15-14(24)13(23)12(22)10(6-18)28-15/h3-5,7,10,12-16,18,20-24H,2,6H2,1H3,(H,25,26)/t10-,12-,13+,14-,15?,16?/m1/s1. The molecular weight excluding hydrogens is 413 g/mol. The summed E-state index contributed by atoms with van der Waals surface area (Å²) in [6, 6.07) is 3.47. The third-order valence-electron chi connectivity index (χ3n) is 4.51. The molecule has 7 atom stereocenters. The highest BCUT2D eigenvalue weighted by Gasteiger charge is 2.51. The first-order valence-corrected chi connectivity index (χ1v) is 10.3. The van der Waals surface area contributed by atoms with Crippen LogP contribution in [0.5, 0.6) is 11.5 Å². The summed E-state index contributed by atoms with van der Waals surface area (Å²) < 4.78 is 23.0. The molecule has 0 spiro atoms. The third kappa shape index (κ3) is 4.55. The number of phenolic OH excluding ortho intramolecular Hbond substituents is 2. The molecule has 0 aromatic heterocycles. The highest BCUT2D eigenvalue weighted by molar-refractivity contribution is 7.53. The number of carbonyl (C=O) groups is 1. The summed E-state index contributed by atoms with van der Waals surface area (Å²) in [4.78, 5) is 22.8. The normalized spacial score (nSPS) is 30.3. The number of rotatable bonds is 8. The van der Waals surface area contributed by atoms with E-state index in [1.807, 2.05) is 0 Å². The Labute approximate surface area is 165 Å². The quantitative estimate of drug-likeness (QED) is 0.143. The number of benzene rings is 1. The maximum absolute atomic E-state index is 12.9. The van der Waals surface area contributed by atoms with Gasteiger partial charge in [0.2, 0.25) is 6.41 Å². The first-order valence-electron chi connectivity index (χ1n) is 8.61. The minimum atomic E-state index is -4.77. The highest BCUT2D eigenvalue weighted by atomic mass is 31.2. The Morgan fingerprint density at radius 1 is 1.24 bits per heavy atom. The summed E-state index contributed by atoms with van der Waals surface area (Å²) in [5, 5.41) is 59.5. The van der Waals surface area contributed by atoms with Crippen molar-refractivity contribution in [3.63, 3.8) is 0 Å². The minimum absolute atomic E-state index is 0.0167. The number of carbonyl (C=O) groups excluding carboxylic acids is 1. The fraction of sp³-hybridized carbons (Fsp3) is 0.562. The zero-order valence-corrected chi connectivity index (χ0v) is 16.2. The van der Waals surface area contributed by atoms with Gasteiger partial charge in [0.1, 0.15) is 24.4 Å². The fourth-order valence-corrected chi connectivity index (χ4v) is 4.70. The van der Waals surface area contributed by atoms with Crippen LogP contribution in [-0.2, 0) is 18.6 Å². The van der Waals surface area contributed by atoms with Crippen LogP contribution in [0.2, 0.25) is 0 Å². The molecule has 1 fully saturated rings. The number of hydrogen-bond donors (Lipinski definition) is 7. The number of aromatic hydroxyl groups is 2. The topological polar surface area (TPSA) is 197 Å². The van der Waals surface area contributed by atoms with E-state index < -0.39 is 67.7 Å². The van der Waals surface area contributed by atoms with Crippen molar-refractivity contribution in [3.05, 3.63) is 23.8 Å². The van der Waals surface area contributed by atoms with Gasteiger partial charge < -0.3 is 44.8 Å². The molecule has 164 valence electrons. The van der Waals surface area contributed by atoms with E-state index in [0.717, 1.165) is 12.1 Å². The molecule has 1 saturated heterocycles. The second-order valence-electron chi connectivity index (χ2n) is 6.34. The summed E-state index contributed by atoms with van der Waals surface area (Å²) >= 11 is 0. The summed E-state index contributed by atoms with van der Waals surface area (Å²) in [6.45, 7) is 0.352. The minimum Gasteiger partial charge on any atom is -0.504 e. The van der Waals surface area contributed by atoms with E-state index in [1.54, 1.807) is 0 Å². The average molecular weight is 437 g/mol. The number of para-hydroxylation sites is 1. The van der Waals surface area contributed by atoms with Gasteiger partial charge in [-0.3, -0.25) is 14.3 Å². The summed E-state index contributed by atoms with van der Waals surface area (Å²) in [7, 11) is -4.77. The number of aliphatic hydroxyl groups excluding tert-OH is 4. The van der Waals surface area contributed by atoms with Crippen LogP contribution in [0.15, 0.2) is 18.2 Å². The Bertz CT molecular complexity index is 760. The zero-order valence-electron chi connectivity index (χ0n) is 15.3. The molecule has 13 heteroatoms. The van der Waals surface area contributed by atoms with Crippen molar-refractivity contribution in [2.45, 2.75) is 43.4 Å². The lowest BCUT2D eigenvalue weighted by molar-refractivity contribution is -0.262. The number of ether oxygens (including phenoxy) is 1. The largest absolute Gasteiger partial charge is 0.504 e. The van der Waals surface area contributed by atoms with Gasteiger partial charge in [-0.2, -0.15) is 0 Å². The Balaban J connectivity index is 2.59. The predicted octanol–water partition coefficient (Wildman–Crippen LogP) is -1.42. The number of hydrogen-bond acceptors (Lipinski definition) is 10. The Morgan fingerprint density at radius 3 is 2.45 bits per heavy atom. The first kappa shape index (κ1) is 23.5. The van der Waals surface area contributed by atoms with Crippen LogP contribution in [-0.4, -0.2) is 90.7 Å². The van der Waals surface area contributed by atoms with Crippen molar-refractivity contribution >= 4 is 14.0 Å². The summed E-state index contributed by atoms with van der Waals surface area (Å²) in [6.07, 6.45) is -8.72. The van der Waals surface area contributed by atoms with E-state index in [2.05, 4.69) is 0 Å². The molecule has 29 heavy (non-hydrogen) atoms. The van der Waals surface area contributed by atoms with E-state index in [1.165, 1.54) is 13.0 Å². The highest BCUT2D eigenvalue weighted by Crippen LogP contribution is 2.60. The van der Waals surface area contributed by atoms with Crippen LogP contribution in [0.25, 0.3) is 0 Å². The van der Waals surface area contributed by atoms with E-state index in [4.69, 9.17) is 9.26 Å². The number of phenols is 2. The van der Waals surface area contributed by atoms with Crippen LogP contribution in [0.4, 0.5) is 0 Å². The fourth-order valence-electron chi connectivity index (χ4n) is 3.10. The third-order valence-corrected chi connectivity index (χ3v) is 6.30. The molecule has 0 radical (unpaired) electrons. The van der Waals surface area contributed by atoms with Gasteiger partial charge in [0.05, 0.1) is 13.2 Å². The van der Waals surface area contributed by atoms with Crippen LogP contribution >= 0.6 is 7.60 Å². The van der Waals surface area contributed by atoms with Gasteiger partial charge in [-0.15, -0.1) is 0 Å². The van der Waals surface area contributed by atoms with Gasteiger partial charge in [0.15, 0.2) is 23.5 Å². The van der Waals surface area contributed by atoms with E-state index in [-0.39, 0.29) is 13.0 Å². The molecule has 0 bridgehead atoms. The van der Waals surface area contributed by atoms with Crippen molar-refractivity contribution in [1.29, 1.82) is 0 Å². The molecule has 1 aromatic carbocycles. The van der Waals surface area contributed by atoms with Crippen LogP contribution in [0.1, 0.15) is 18.3 Å². The number of aliphatic hydroxyl groups is 4. The van der Waals surface area contributed by atoms with Gasteiger partial charge in [-0.25, -0.2) is 0 Å². The lowest BCUT2D eigenvalue weighted by atomic mass is 9.97. The molecule has 0 saturated carbocycles. The molecule has 1 aromatic rings. The maximum Gasteiger partial charge on any atom is 0.355 e. The molecule has 1 amide bonds. The second-order valence-corrected chi connectivity index (χ2v) is 8.22. The van der Waals surface area contributed by atoms with Crippen molar-refractivity contribution < 1.29 is 54.2 Å². The Morgan fingerprint density at radius 2 is 1.90 bits per heavy atom. The molecule has 0 aliphatic carbocycles. The molecular formula is C16H24NO11P. The first-order chi connectivity index (χ1) is 13.6.